The van der Waals surface area contributed by atoms with Crippen molar-refractivity contribution in [2.45, 2.75) is 13.5 Å². The van der Waals surface area contributed by atoms with Crippen LogP contribution in [0.2, 0.25) is 0 Å². The SMILES string of the molecule is COC(=O)c1sc2nc(Cn3cc[n+](C)c3)[nH]c(=O)c2c1C.[Cl-]. The highest BCUT2D eigenvalue weighted by Gasteiger charge is 2.20. The van der Waals surface area contributed by atoms with Gasteiger partial charge >= 0.3 is 5.97 Å². The van der Waals surface area contributed by atoms with Gasteiger partial charge in [0, 0.05) is 0 Å². The number of H-pyrrole nitrogens is 1. The third-order valence-electron chi connectivity index (χ3n) is 3.38. The summed E-state index contributed by atoms with van der Waals surface area (Å²) in [5.41, 5.74) is 0.375. The Bertz CT molecular complexity index is 928. The molecule has 0 unspecified atom stereocenters. The molecule has 0 spiro atoms. The van der Waals surface area contributed by atoms with Gasteiger partial charge in [-0.25, -0.2) is 18.9 Å². The molecule has 7 nitrogen and oxygen atoms in total. The van der Waals surface area contributed by atoms with E-state index in [-0.39, 0.29) is 18.0 Å². The number of aryl methyl sites for hydroxylation is 2. The van der Waals surface area contributed by atoms with E-state index in [1.807, 2.05) is 34.9 Å². The van der Waals surface area contributed by atoms with E-state index in [1.54, 1.807) is 6.92 Å². The summed E-state index contributed by atoms with van der Waals surface area (Å²) in [7, 11) is 3.24. The highest BCUT2D eigenvalue weighted by Crippen LogP contribution is 2.27. The first-order valence-corrected chi connectivity index (χ1v) is 7.43. The molecule has 0 radical (unpaired) electrons. The Kier molecular flexibility index (Phi) is 4.86. The smallest absolute Gasteiger partial charge is 0.348 e. The van der Waals surface area contributed by atoms with Gasteiger partial charge in [-0.2, -0.15) is 0 Å². The van der Waals surface area contributed by atoms with Gasteiger partial charge < -0.3 is 22.1 Å². The minimum atomic E-state index is -0.445. The van der Waals surface area contributed by atoms with Crippen molar-refractivity contribution in [1.29, 1.82) is 0 Å². The molecule has 9 heteroatoms. The van der Waals surface area contributed by atoms with Crippen LogP contribution in [-0.2, 0) is 18.3 Å². The van der Waals surface area contributed by atoms with Crippen LogP contribution in [0.25, 0.3) is 10.2 Å². The Morgan fingerprint density at radius 3 is 2.87 bits per heavy atom. The maximum Gasteiger partial charge on any atom is 0.348 e. The number of aromatic nitrogens is 4. The number of fused-ring (bicyclic) bond motifs is 1. The summed E-state index contributed by atoms with van der Waals surface area (Å²) in [6, 6.07) is 0. The number of halogens is 1. The zero-order chi connectivity index (χ0) is 15.9. The monoisotopic (exact) mass is 354 g/mol. The van der Waals surface area contributed by atoms with Gasteiger partial charge in [-0.3, -0.25) is 4.79 Å². The number of rotatable bonds is 3. The van der Waals surface area contributed by atoms with Crippen LogP contribution >= 0.6 is 11.3 Å². The molecule has 3 aromatic rings. The highest BCUT2D eigenvalue weighted by molar-refractivity contribution is 7.20. The molecule has 0 aliphatic carbocycles. The van der Waals surface area contributed by atoms with Crippen molar-refractivity contribution in [1.82, 2.24) is 14.5 Å². The number of ether oxygens (including phenoxy) is 1. The number of nitrogens with one attached hydrogen (secondary N) is 1. The van der Waals surface area contributed by atoms with E-state index in [2.05, 4.69) is 9.97 Å². The molecular weight excluding hydrogens is 340 g/mol. The summed E-state index contributed by atoms with van der Waals surface area (Å²) >= 11 is 1.18. The van der Waals surface area contributed by atoms with E-state index < -0.39 is 5.97 Å². The molecular formula is C14H15ClN4O3S. The third kappa shape index (κ3) is 3.13. The standard InChI is InChI=1S/C14H14N4O3S.ClH/c1-8-10-12(19)15-9(6-18-5-4-17(2)7-18)16-13(10)22-11(8)14(20)21-3;/h4-5,7H,6H2,1-3H3;1H. The number of hydrogen-bond donors (Lipinski definition) is 1. The van der Waals surface area contributed by atoms with Crippen molar-refractivity contribution >= 4 is 27.5 Å². The first kappa shape index (κ1) is 17.2. The molecule has 0 bridgehead atoms. The largest absolute Gasteiger partial charge is 1.00 e. The molecule has 0 saturated heterocycles. The van der Waals surface area contributed by atoms with Crippen molar-refractivity contribution in [3.05, 3.63) is 45.3 Å². The van der Waals surface area contributed by atoms with Crippen LogP contribution in [0, 0.1) is 6.92 Å². The molecule has 122 valence electrons. The average molecular weight is 355 g/mol. The Morgan fingerprint density at radius 2 is 2.26 bits per heavy atom. The van der Waals surface area contributed by atoms with Gasteiger partial charge in [0.05, 0.1) is 19.5 Å². The molecule has 0 aliphatic rings. The van der Waals surface area contributed by atoms with Gasteiger partial charge in [0.25, 0.3) is 5.56 Å². The van der Waals surface area contributed by atoms with Crippen molar-refractivity contribution in [2.24, 2.45) is 7.05 Å². The molecule has 0 aliphatic heterocycles. The second-order valence-electron chi connectivity index (χ2n) is 4.99. The number of esters is 1. The number of aromatic amines is 1. The number of carbonyl (C=O) groups is 1. The summed E-state index contributed by atoms with van der Waals surface area (Å²) in [5, 5.41) is 0.451. The van der Waals surface area contributed by atoms with Crippen molar-refractivity contribution in [3.63, 3.8) is 0 Å². The number of nitrogens with zero attached hydrogens (tertiary/aromatic N) is 3. The summed E-state index contributed by atoms with van der Waals surface area (Å²) in [6.07, 6.45) is 5.69. The number of methoxy groups -OCH3 is 1. The number of carbonyl (C=O) groups excluding carboxylic acids is 1. The van der Waals surface area contributed by atoms with Gasteiger partial charge in [0.2, 0.25) is 6.33 Å². The maximum atomic E-state index is 12.3. The Hall–Kier alpha value is -2.19. The van der Waals surface area contributed by atoms with Crippen LogP contribution in [0.3, 0.4) is 0 Å². The van der Waals surface area contributed by atoms with Crippen LogP contribution in [0.4, 0.5) is 0 Å². The van der Waals surface area contributed by atoms with Crippen molar-refractivity contribution in [2.75, 3.05) is 7.11 Å². The lowest BCUT2D eigenvalue weighted by molar-refractivity contribution is -0.671. The molecule has 1 N–H and O–H groups in total. The lowest BCUT2D eigenvalue weighted by atomic mass is 10.2. The zero-order valence-corrected chi connectivity index (χ0v) is 14.4. The highest BCUT2D eigenvalue weighted by atomic mass is 35.5. The third-order valence-corrected chi connectivity index (χ3v) is 4.54. The van der Waals surface area contributed by atoms with E-state index in [0.29, 0.717) is 33.0 Å². The van der Waals surface area contributed by atoms with Crippen molar-refractivity contribution in [3.8, 4) is 0 Å². The first-order valence-electron chi connectivity index (χ1n) is 6.61. The van der Waals surface area contributed by atoms with E-state index in [0.717, 1.165) is 0 Å². The fourth-order valence-corrected chi connectivity index (χ4v) is 3.44. The fraction of sp³-hybridized carbons (Fsp3) is 0.286. The molecule has 3 heterocycles. The van der Waals surface area contributed by atoms with Crippen LogP contribution in [0.15, 0.2) is 23.5 Å². The summed E-state index contributed by atoms with van der Waals surface area (Å²) in [5.74, 6) is 0.102. The van der Waals surface area contributed by atoms with Gasteiger partial charge in [0.1, 0.15) is 28.6 Å². The molecule has 0 amide bonds. The molecule has 0 aromatic carbocycles. The predicted octanol–water partition coefficient (Wildman–Crippen LogP) is -2.24. The summed E-state index contributed by atoms with van der Waals surface area (Å²) in [6.45, 7) is 2.18. The van der Waals surface area contributed by atoms with Gasteiger partial charge in [-0.1, -0.05) is 0 Å². The normalized spacial score (nSPS) is 10.6. The van der Waals surface area contributed by atoms with E-state index >= 15 is 0 Å². The molecule has 3 rings (SSSR count). The van der Waals surface area contributed by atoms with Gasteiger partial charge in [-0.15, -0.1) is 11.3 Å². The Morgan fingerprint density at radius 1 is 1.52 bits per heavy atom. The quantitative estimate of drug-likeness (QED) is 0.426. The molecule has 23 heavy (non-hydrogen) atoms. The Labute approximate surface area is 142 Å². The van der Waals surface area contributed by atoms with Crippen LogP contribution in [0.5, 0.6) is 0 Å². The van der Waals surface area contributed by atoms with E-state index in [9.17, 15) is 9.59 Å². The molecule has 0 saturated carbocycles. The van der Waals surface area contributed by atoms with Crippen LogP contribution in [-0.4, -0.2) is 27.6 Å². The van der Waals surface area contributed by atoms with Crippen molar-refractivity contribution < 1.29 is 26.5 Å². The summed E-state index contributed by atoms with van der Waals surface area (Å²) < 4.78 is 8.55. The second-order valence-corrected chi connectivity index (χ2v) is 5.99. The number of imidazole rings is 1. The molecule has 0 atom stereocenters. The van der Waals surface area contributed by atoms with Crippen LogP contribution < -0.4 is 22.5 Å². The lowest BCUT2D eigenvalue weighted by Crippen LogP contribution is -3.00. The first-order chi connectivity index (χ1) is 10.5. The van der Waals surface area contributed by atoms with Gasteiger partial charge in [-0.05, 0) is 12.5 Å². The lowest BCUT2D eigenvalue weighted by Gasteiger charge is -1.98. The minimum Gasteiger partial charge on any atom is -1.00 e. The maximum absolute atomic E-state index is 12.3. The average Bonchev–Trinajstić information content (AvgIpc) is 3.02. The molecule has 3 aromatic heterocycles. The zero-order valence-electron chi connectivity index (χ0n) is 12.8. The number of thiophene rings is 1. The fourth-order valence-electron chi connectivity index (χ4n) is 2.32. The van der Waals surface area contributed by atoms with E-state index in [4.69, 9.17) is 4.74 Å². The Balaban J connectivity index is 0.00000192. The minimum absolute atomic E-state index is 0. The second kappa shape index (κ2) is 6.51. The number of hydrogen-bond acceptors (Lipinski definition) is 5. The van der Waals surface area contributed by atoms with E-state index in [1.165, 1.54) is 18.4 Å². The topological polar surface area (TPSA) is 80.9 Å². The predicted molar refractivity (Wildman–Crippen MR) is 81.0 cm³/mol. The summed E-state index contributed by atoms with van der Waals surface area (Å²) in [4.78, 5) is 32.2. The van der Waals surface area contributed by atoms with Crippen LogP contribution in [0.1, 0.15) is 21.1 Å². The molecule has 0 fully saturated rings. The van der Waals surface area contributed by atoms with Gasteiger partial charge in [0.15, 0.2) is 5.82 Å².